The summed E-state index contributed by atoms with van der Waals surface area (Å²) in [6.45, 7) is 0. The van der Waals surface area contributed by atoms with Gasteiger partial charge in [-0.2, -0.15) is 0 Å². The summed E-state index contributed by atoms with van der Waals surface area (Å²) in [4.78, 5) is 26.3. The molecular weight excluding hydrogens is 793 g/mol. The third-order valence-corrected chi connectivity index (χ3v) is 13.4. The number of ether oxygens (including phenoxy) is 1. The van der Waals surface area contributed by atoms with E-state index in [4.69, 9.17) is 29.7 Å². The van der Waals surface area contributed by atoms with Crippen LogP contribution in [0.5, 0.6) is 5.75 Å². The van der Waals surface area contributed by atoms with Crippen LogP contribution < -0.4 is 4.74 Å². The fraction of sp³-hybridized carbons (Fsp3) is 0.0364. The molecule has 0 fully saturated rings. The minimum absolute atomic E-state index is 0.0987. The Hall–Kier alpha value is -8.07. The molecule has 7 nitrogen and oxygen atoms in total. The van der Waals surface area contributed by atoms with Crippen LogP contribution in [0, 0.1) is 0 Å². The van der Waals surface area contributed by atoms with Gasteiger partial charge in [0, 0.05) is 59.9 Å². The highest BCUT2D eigenvalue weighted by Crippen LogP contribution is 2.50. The van der Waals surface area contributed by atoms with Gasteiger partial charge in [-0.15, -0.1) is 11.3 Å². The van der Waals surface area contributed by atoms with E-state index in [2.05, 4.69) is 156 Å². The van der Waals surface area contributed by atoms with Crippen molar-refractivity contribution in [2.75, 3.05) is 0 Å². The number of allylic oxidation sites excluding steroid dienone is 2. The first-order valence-corrected chi connectivity index (χ1v) is 21.9. The van der Waals surface area contributed by atoms with Gasteiger partial charge in [-0.1, -0.05) is 152 Å². The van der Waals surface area contributed by atoms with E-state index < -0.39 is 0 Å². The number of rotatable bonds is 6. The molecule has 0 bridgehead atoms. The smallest absolute Gasteiger partial charge is 0.164 e. The molecule has 7 aromatic carbocycles. The van der Waals surface area contributed by atoms with Gasteiger partial charge in [-0.25, -0.2) is 24.9 Å². The van der Waals surface area contributed by atoms with Crippen molar-refractivity contribution < 1.29 is 4.74 Å². The number of nitrogens with zero attached hydrogens (tertiary/aromatic N) is 6. The van der Waals surface area contributed by atoms with E-state index in [1.165, 1.54) is 4.70 Å². The maximum atomic E-state index is 6.81. The quantitative estimate of drug-likeness (QED) is 0.166. The maximum absolute atomic E-state index is 6.81. The highest BCUT2D eigenvalue weighted by Gasteiger charge is 2.39. The van der Waals surface area contributed by atoms with Crippen LogP contribution in [0.25, 0.3) is 98.8 Å². The summed E-state index contributed by atoms with van der Waals surface area (Å²) in [5, 5.41) is 3.36. The lowest BCUT2D eigenvalue weighted by molar-refractivity contribution is 0.271. The van der Waals surface area contributed by atoms with Crippen molar-refractivity contribution in [2.45, 2.75) is 12.0 Å². The van der Waals surface area contributed by atoms with Crippen LogP contribution in [-0.2, 0) is 0 Å². The predicted octanol–water partition coefficient (Wildman–Crippen LogP) is 13.3. The second-order valence-corrected chi connectivity index (χ2v) is 17.0. The molecule has 2 aliphatic rings. The van der Waals surface area contributed by atoms with Crippen LogP contribution in [0.15, 0.2) is 194 Å². The lowest BCUT2D eigenvalue weighted by Crippen LogP contribution is -2.20. The number of hydrogen-bond donors (Lipinski definition) is 0. The first-order chi connectivity index (χ1) is 31.2. The van der Waals surface area contributed by atoms with Crippen molar-refractivity contribution in [2.24, 2.45) is 0 Å². The molecule has 2 atom stereocenters. The average molecular weight is 827 g/mol. The van der Waals surface area contributed by atoms with Crippen molar-refractivity contribution in [3.63, 3.8) is 0 Å². The minimum Gasteiger partial charge on any atom is -0.485 e. The summed E-state index contributed by atoms with van der Waals surface area (Å²) in [5.41, 5.74) is 11.1. The zero-order valence-electron chi connectivity index (χ0n) is 33.6. The first-order valence-electron chi connectivity index (χ1n) is 21.1. The molecule has 4 aromatic heterocycles. The topological polar surface area (TPSA) is 78.6 Å². The number of aromatic nitrogens is 6. The van der Waals surface area contributed by atoms with Crippen molar-refractivity contribution in [1.82, 2.24) is 29.5 Å². The Morgan fingerprint density at radius 2 is 1.21 bits per heavy atom. The Morgan fingerprint density at radius 1 is 0.524 bits per heavy atom. The summed E-state index contributed by atoms with van der Waals surface area (Å²) in [6, 6.07) is 60.8. The van der Waals surface area contributed by atoms with Crippen LogP contribution in [0.3, 0.4) is 0 Å². The van der Waals surface area contributed by atoms with Crippen LogP contribution in [-0.4, -0.2) is 35.6 Å². The van der Waals surface area contributed by atoms with E-state index in [1.807, 2.05) is 42.5 Å². The van der Waals surface area contributed by atoms with Crippen LogP contribution in [0.1, 0.15) is 17.3 Å². The van der Waals surface area contributed by atoms with E-state index in [-0.39, 0.29) is 12.0 Å². The lowest BCUT2D eigenvalue weighted by atomic mass is 9.84. The lowest BCUT2D eigenvalue weighted by Gasteiger charge is -2.22. The first kappa shape index (κ1) is 35.7. The molecule has 296 valence electrons. The van der Waals surface area contributed by atoms with Crippen LogP contribution >= 0.6 is 11.3 Å². The molecule has 0 saturated carbocycles. The Balaban J connectivity index is 0.948. The third kappa shape index (κ3) is 5.76. The average Bonchev–Trinajstić information content (AvgIpc) is 4.04. The largest absolute Gasteiger partial charge is 0.485 e. The highest BCUT2D eigenvalue weighted by atomic mass is 32.1. The summed E-state index contributed by atoms with van der Waals surface area (Å²) >= 11 is 1.75. The molecule has 0 N–H and O–H groups in total. The third-order valence-electron chi connectivity index (χ3n) is 12.3. The molecule has 0 amide bonds. The second kappa shape index (κ2) is 14.3. The van der Waals surface area contributed by atoms with Gasteiger partial charge in [-0.3, -0.25) is 0 Å². The monoisotopic (exact) mass is 826 g/mol. The van der Waals surface area contributed by atoms with Crippen molar-refractivity contribution >= 4 is 59.0 Å². The number of fused-ring (bicyclic) bond motifs is 9. The maximum Gasteiger partial charge on any atom is 0.164 e. The zero-order valence-corrected chi connectivity index (χ0v) is 34.4. The fourth-order valence-corrected chi connectivity index (χ4v) is 10.6. The number of hydrogen-bond acceptors (Lipinski definition) is 7. The minimum atomic E-state index is -0.220. The molecule has 1 aliphatic carbocycles. The molecular formula is C55H34N6OS. The Labute approximate surface area is 366 Å². The fourth-order valence-electron chi connectivity index (χ4n) is 9.42. The van der Waals surface area contributed by atoms with Gasteiger partial charge in [-0.05, 0) is 42.5 Å². The van der Waals surface area contributed by atoms with Gasteiger partial charge in [0.05, 0.1) is 32.9 Å². The van der Waals surface area contributed by atoms with Crippen molar-refractivity contribution in [3.05, 3.63) is 206 Å². The van der Waals surface area contributed by atoms with Gasteiger partial charge in [0.25, 0.3) is 0 Å². The molecule has 8 heteroatoms. The molecule has 11 aromatic rings. The molecule has 63 heavy (non-hydrogen) atoms. The summed E-state index contributed by atoms with van der Waals surface area (Å²) in [5.74, 6) is 3.18. The van der Waals surface area contributed by atoms with Crippen molar-refractivity contribution in [1.29, 1.82) is 0 Å². The standard InChI is InChI=1S/C55H34N6OS/c1-4-16-33(17-5-1)49-51-50(39-23-11-13-29-46(39)63-51)57-54(56-49)41-25-15-28-44-48(41)38-31-30-35(32-45(38)62-44)53-58-52(34-18-6-2-7-19-34)59-55(60-53)40-24-14-27-43-47(40)37-22-10-12-26-42(37)61(43)36-20-8-3-9-21-36/h1-32,44,48H. The SMILES string of the molecule is C1=CC2Oc3cc(-c4nc(-c5ccccc5)nc(-c5cccc6c5c5ccccc5n6-c5ccccc5)n4)ccc3C2C(c2nc(-c3ccccc3)c3sc4ccccc4c3n2)=C1. The Kier molecular flexibility index (Phi) is 8.07. The van der Waals surface area contributed by atoms with Gasteiger partial charge in [0.15, 0.2) is 23.3 Å². The Bertz CT molecular complexity index is 3670. The molecule has 13 rings (SSSR count). The van der Waals surface area contributed by atoms with Gasteiger partial charge in [0.1, 0.15) is 11.9 Å². The molecule has 1 aliphatic heterocycles. The second-order valence-electron chi connectivity index (χ2n) is 15.9. The van der Waals surface area contributed by atoms with E-state index in [0.717, 1.165) is 87.9 Å². The van der Waals surface area contributed by atoms with E-state index in [1.54, 1.807) is 11.3 Å². The molecule has 2 unspecified atom stereocenters. The van der Waals surface area contributed by atoms with Gasteiger partial charge < -0.3 is 9.30 Å². The summed E-state index contributed by atoms with van der Waals surface area (Å²) in [7, 11) is 0. The molecule has 0 radical (unpaired) electrons. The van der Waals surface area contributed by atoms with Crippen LogP contribution in [0.4, 0.5) is 0 Å². The van der Waals surface area contributed by atoms with E-state index >= 15 is 0 Å². The molecule has 0 spiro atoms. The van der Waals surface area contributed by atoms with Gasteiger partial charge in [0.2, 0.25) is 0 Å². The van der Waals surface area contributed by atoms with Crippen LogP contribution in [0.2, 0.25) is 0 Å². The predicted molar refractivity (Wildman–Crippen MR) is 255 cm³/mol. The van der Waals surface area contributed by atoms with Crippen molar-refractivity contribution in [3.8, 4) is 56.9 Å². The summed E-state index contributed by atoms with van der Waals surface area (Å²) in [6.07, 6.45) is 6.13. The molecule has 0 saturated heterocycles. The summed E-state index contributed by atoms with van der Waals surface area (Å²) < 4.78 is 11.4. The number of benzene rings is 7. The molecule has 5 heterocycles. The number of thiophene rings is 1. The van der Waals surface area contributed by atoms with E-state index in [0.29, 0.717) is 23.3 Å². The highest BCUT2D eigenvalue weighted by molar-refractivity contribution is 7.26. The zero-order chi connectivity index (χ0) is 41.4. The Morgan fingerprint density at radius 3 is 2.03 bits per heavy atom. The van der Waals surface area contributed by atoms with E-state index in [9.17, 15) is 0 Å². The number of para-hydroxylation sites is 2. The normalized spacial score (nSPS) is 15.5. The van der Waals surface area contributed by atoms with Gasteiger partial charge >= 0.3 is 0 Å².